The van der Waals surface area contributed by atoms with Crippen molar-refractivity contribution in [2.24, 2.45) is 0 Å². The molecule has 0 unspecified atom stereocenters. The predicted molar refractivity (Wildman–Crippen MR) is 110 cm³/mol. The highest BCUT2D eigenvalue weighted by molar-refractivity contribution is 7.99. The van der Waals surface area contributed by atoms with E-state index in [2.05, 4.69) is 25.8 Å². The number of hydrogen-bond acceptors (Lipinski definition) is 7. The third kappa shape index (κ3) is 5.17. The lowest BCUT2D eigenvalue weighted by atomic mass is 10.1. The molecule has 0 aliphatic carbocycles. The molecular formula is C18H20N6O2S2. The number of thiazole rings is 1. The number of aryl methyl sites for hydroxylation is 1. The van der Waals surface area contributed by atoms with Gasteiger partial charge in [-0.2, -0.15) is 0 Å². The summed E-state index contributed by atoms with van der Waals surface area (Å²) in [6, 6.07) is 7.37. The van der Waals surface area contributed by atoms with Crippen LogP contribution in [0, 0.1) is 6.92 Å². The second-order valence-corrected chi connectivity index (χ2v) is 7.70. The highest BCUT2D eigenvalue weighted by Gasteiger charge is 2.15. The van der Waals surface area contributed by atoms with E-state index in [0.717, 1.165) is 5.56 Å². The third-order valence-electron chi connectivity index (χ3n) is 3.84. The van der Waals surface area contributed by atoms with Gasteiger partial charge in [0, 0.05) is 23.7 Å². The molecule has 3 aromatic rings. The molecule has 2 aromatic heterocycles. The van der Waals surface area contributed by atoms with Crippen molar-refractivity contribution in [2.45, 2.75) is 32.1 Å². The number of anilines is 1. The van der Waals surface area contributed by atoms with E-state index in [4.69, 9.17) is 0 Å². The summed E-state index contributed by atoms with van der Waals surface area (Å²) in [5.41, 5.74) is 1.70. The number of carbonyl (C=O) groups is 2. The first-order chi connectivity index (χ1) is 13.6. The molecule has 0 atom stereocenters. The van der Waals surface area contributed by atoms with Crippen LogP contribution in [0.1, 0.15) is 28.7 Å². The monoisotopic (exact) mass is 416 g/mol. The van der Waals surface area contributed by atoms with E-state index in [1.54, 1.807) is 23.7 Å². The van der Waals surface area contributed by atoms with Gasteiger partial charge in [0.05, 0.1) is 12.3 Å². The summed E-state index contributed by atoms with van der Waals surface area (Å²) in [6.07, 6.45) is 1.64. The Kier molecular flexibility index (Phi) is 6.77. The van der Waals surface area contributed by atoms with Gasteiger partial charge in [0.15, 0.2) is 16.1 Å². The van der Waals surface area contributed by atoms with Crippen molar-refractivity contribution in [3.63, 3.8) is 0 Å². The molecule has 28 heavy (non-hydrogen) atoms. The summed E-state index contributed by atoms with van der Waals surface area (Å²) < 4.78 is 1.89. The molecule has 0 radical (unpaired) electrons. The Morgan fingerprint density at radius 2 is 2.00 bits per heavy atom. The van der Waals surface area contributed by atoms with Crippen LogP contribution in [0.4, 0.5) is 5.13 Å². The lowest BCUT2D eigenvalue weighted by Gasteiger charge is -2.08. The molecule has 0 spiro atoms. The number of benzene rings is 1. The Bertz CT molecular complexity index is 938. The van der Waals surface area contributed by atoms with Crippen LogP contribution < -0.4 is 10.6 Å². The minimum absolute atomic E-state index is 0.153. The zero-order chi connectivity index (χ0) is 19.9. The number of amides is 2. The molecule has 0 saturated carbocycles. The van der Waals surface area contributed by atoms with Crippen LogP contribution in [0.15, 0.2) is 41.0 Å². The molecule has 2 N–H and O–H groups in total. The molecule has 2 heterocycles. The van der Waals surface area contributed by atoms with Gasteiger partial charge in [-0.05, 0) is 26.0 Å². The first-order valence-electron chi connectivity index (χ1n) is 8.66. The smallest absolute Gasteiger partial charge is 0.251 e. The SMILES string of the molecule is CCn1c(CNC(=O)c2ccc(C)cc2)nnc1SCC(=O)Nc1nccs1. The molecule has 2 amide bonds. The van der Waals surface area contributed by atoms with Crippen LogP contribution in [0.2, 0.25) is 0 Å². The summed E-state index contributed by atoms with van der Waals surface area (Å²) in [4.78, 5) is 28.3. The van der Waals surface area contributed by atoms with Gasteiger partial charge < -0.3 is 15.2 Å². The maximum atomic E-state index is 12.3. The highest BCUT2D eigenvalue weighted by atomic mass is 32.2. The Labute approximate surface area is 170 Å². The molecule has 0 bridgehead atoms. The number of aromatic nitrogens is 4. The van der Waals surface area contributed by atoms with Gasteiger partial charge in [-0.1, -0.05) is 29.5 Å². The van der Waals surface area contributed by atoms with Crippen molar-refractivity contribution >= 4 is 40.0 Å². The van der Waals surface area contributed by atoms with Crippen molar-refractivity contribution in [1.29, 1.82) is 0 Å². The molecule has 0 aliphatic heterocycles. The minimum Gasteiger partial charge on any atom is -0.345 e. The highest BCUT2D eigenvalue weighted by Crippen LogP contribution is 2.18. The van der Waals surface area contributed by atoms with Crippen molar-refractivity contribution in [2.75, 3.05) is 11.1 Å². The molecule has 0 aliphatic rings. The molecular weight excluding hydrogens is 396 g/mol. The number of nitrogens with zero attached hydrogens (tertiary/aromatic N) is 4. The van der Waals surface area contributed by atoms with Gasteiger partial charge >= 0.3 is 0 Å². The number of carbonyl (C=O) groups excluding carboxylic acids is 2. The summed E-state index contributed by atoms with van der Waals surface area (Å²) in [5.74, 6) is 0.529. The molecule has 8 nitrogen and oxygen atoms in total. The van der Waals surface area contributed by atoms with Crippen molar-refractivity contribution in [3.05, 3.63) is 52.8 Å². The standard InChI is InChI=1S/C18H20N6O2S2/c1-3-24-14(10-20-16(26)13-6-4-12(2)5-7-13)22-23-18(24)28-11-15(25)21-17-19-8-9-27-17/h4-9H,3,10-11H2,1-2H3,(H,20,26)(H,19,21,25). The first kappa shape index (κ1) is 20.0. The van der Waals surface area contributed by atoms with E-state index in [0.29, 0.717) is 28.2 Å². The van der Waals surface area contributed by atoms with Gasteiger partial charge in [0.2, 0.25) is 5.91 Å². The molecule has 10 heteroatoms. The van der Waals surface area contributed by atoms with E-state index in [9.17, 15) is 9.59 Å². The second-order valence-electron chi connectivity index (χ2n) is 5.87. The topological polar surface area (TPSA) is 102 Å². The predicted octanol–water partition coefficient (Wildman–Crippen LogP) is 2.72. The van der Waals surface area contributed by atoms with E-state index in [-0.39, 0.29) is 24.1 Å². The number of hydrogen-bond donors (Lipinski definition) is 2. The Balaban J connectivity index is 1.56. The maximum absolute atomic E-state index is 12.3. The summed E-state index contributed by atoms with van der Waals surface area (Å²) in [6.45, 7) is 4.84. The van der Waals surface area contributed by atoms with Crippen LogP contribution in [0.5, 0.6) is 0 Å². The zero-order valence-electron chi connectivity index (χ0n) is 15.5. The number of rotatable bonds is 8. The fourth-order valence-corrected chi connectivity index (χ4v) is 3.78. The van der Waals surface area contributed by atoms with Crippen molar-refractivity contribution in [1.82, 2.24) is 25.1 Å². The van der Waals surface area contributed by atoms with Crippen LogP contribution in [0.25, 0.3) is 0 Å². The fourth-order valence-electron chi connectivity index (χ4n) is 2.41. The number of thioether (sulfide) groups is 1. The Hall–Kier alpha value is -2.72. The van der Waals surface area contributed by atoms with Gasteiger partial charge in [-0.25, -0.2) is 4.98 Å². The zero-order valence-corrected chi connectivity index (χ0v) is 17.1. The largest absolute Gasteiger partial charge is 0.345 e. The van der Waals surface area contributed by atoms with E-state index < -0.39 is 0 Å². The summed E-state index contributed by atoms with van der Waals surface area (Å²) >= 11 is 2.66. The van der Waals surface area contributed by atoms with Crippen LogP contribution >= 0.6 is 23.1 Å². The normalized spacial score (nSPS) is 10.6. The third-order valence-corrected chi connectivity index (χ3v) is 5.50. The Morgan fingerprint density at radius 3 is 2.68 bits per heavy atom. The van der Waals surface area contributed by atoms with Gasteiger partial charge in [0.25, 0.3) is 5.91 Å². The van der Waals surface area contributed by atoms with Gasteiger partial charge in [-0.3, -0.25) is 9.59 Å². The lowest BCUT2D eigenvalue weighted by molar-refractivity contribution is -0.113. The molecule has 3 rings (SSSR count). The lowest BCUT2D eigenvalue weighted by Crippen LogP contribution is -2.24. The number of nitrogens with one attached hydrogen (secondary N) is 2. The van der Waals surface area contributed by atoms with Crippen LogP contribution in [0.3, 0.4) is 0 Å². The van der Waals surface area contributed by atoms with E-state index >= 15 is 0 Å². The van der Waals surface area contributed by atoms with Crippen molar-refractivity contribution in [3.8, 4) is 0 Å². The molecule has 0 fully saturated rings. The van der Waals surface area contributed by atoms with E-state index in [1.807, 2.05) is 30.5 Å². The van der Waals surface area contributed by atoms with Gasteiger partial charge in [0.1, 0.15) is 0 Å². The molecule has 146 valence electrons. The minimum atomic E-state index is -0.164. The quantitative estimate of drug-likeness (QED) is 0.548. The van der Waals surface area contributed by atoms with Crippen LogP contribution in [-0.4, -0.2) is 37.3 Å². The summed E-state index contributed by atoms with van der Waals surface area (Å²) in [7, 11) is 0. The van der Waals surface area contributed by atoms with Crippen molar-refractivity contribution < 1.29 is 9.59 Å². The van der Waals surface area contributed by atoms with E-state index in [1.165, 1.54) is 23.1 Å². The fraction of sp³-hybridized carbons (Fsp3) is 0.278. The second kappa shape index (κ2) is 9.47. The van der Waals surface area contributed by atoms with Gasteiger partial charge in [-0.15, -0.1) is 21.5 Å². The molecule has 1 aromatic carbocycles. The molecule has 0 saturated heterocycles. The first-order valence-corrected chi connectivity index (χ1v) is 10.5. The average Bonchev–Trinajstić information content (AvgIpc) is 3.34. The summed E-state index contributed by atoms with van der Waals surface area (Å²) in [5, 5.41) is 16.9. The average molecular weight is 417 g/mol. The van der Waals surface area contributed by atoms with Crippen LogP contribution in [-0.2, 0) is 17.9 Å². The Morgan fingerprint density at radius 1 is 1.21 bits per heavy atom. The maximum Gasteiger partial charge on any atom is 0.251 e.